The minimum atomic E-state index is -0.803. The van der Waals surface area contributed by atoms with Crippen LogP contribution >= 0.6 is 0 Å². The molecule has 0 aromatic rings. The van der Waals surface area contributed by atoms with Gasteiger partial charge in [0.1, 0.15) is 6.10 Å². The molecule has 3 N–H and O–H groups in total. The van der Waals surface area contributed by atoms with Gasteiger partial charge in [-0.25, -0.2) is 0 Å². The highest BCUT2D eigenvalue weighted by atomic mass is 16.5. The molecule has 1 amide bonds. The fourth-order valence-electron chi connectivity index (χ4n) is 8.07. The Morgan fingerprint density at radius 2 is 0.823 bits per heavy atom. The molecule has 362 valence electrons. The van der Waals surface area contributed by atoms with Gasteiger partial charge in [0.25, 0.3) is 0 Å². The van der Waals surface area contributed by atoms with E-state index in [4.69, 9.17) is 4.74 Å². The van der Waals surface area contributed by atoms with Crippen LogP contribution in [0.25, 0.3) is 0 Å². The molecule has 0 aromatic carbocycles. The number of hydrogen-bond acceptors (Lipinski definition) is 5. The maximum Gasteiger partial charge on any atom is 0.306 e. The standard InChI is InChI=1S/C56H103NO5/c1-4-7-10-13-16-19-22-25-27-28-31-34-37-40-43-46-49-56(61)62-52(47-44-41-38-35-32-30-26-23-20-17-14-11-8-5-2)50-55(60)57-53(51-58)54(59)48-45-42-39-36-33-29-24-21-18-15-12-9-6-3/h27-28,30-32,34-35,38,52-54,58-59H,4-26,29,33,36-37,39-51H2,1-3H3,(H,57,60)/b28-27+,32-30+,34-31+,38-35+. The van der Waals surface area contributed by atoms with E-state index in [1.807, 2.05) is 0 Å². The number of esters is 1. The van der Waals surface area contributed by atoms with Crippen LogP contribution in [-0.4, -0.2) is 46.9 Å². The summed E-state index contributed by atoms with van der Waals surface area (Å²) in [6, 6.07) is -0.721. The largest absolute Gasteiger partial charge is 0.462 e. The predicted molar refractivity (Wildman–Crippen MR) is 269 cm³/mol. The third kappa shape index (κ3) is 44.4. The van der Waals surface area contributed by atoms with Crippen molar-refractivity contribution in [1.29, 1.82) is 0 Å². The highest BCUT2D eigenvalue weighted by Crippen LogP contribution is 2.17. The van der Waals surface area contributed by atoms with Gasteiger partial charge in [0, 0.05) is 6.42 Å². The Kier molecular flexibility index (Phi) is 48.1. The fourth-order valence-corrected chi connectivity index (χ4v) is 8.07. The topological polar surface area (TPSA) is 95.9 Å². The van der Waals surface area contributed by atoms with Crippen molar-refractivity contribution in [3.63, 3.8) is 0 Å². The number of amides is 1. The van der Waals surface area contributed by atoms with Gasteiger partial charge in [0.2, 0.25) is 5.91 Å². The van der Waals surface area contributed by atoms with E-state index in [2.05, 4.69) is 74.7 Å². The number of aliphatic hydroxyl groups is 2. The number of ether oxygens (including phenoxy) is 1. The van der Waals surface area contributed by atoms with Crippen LogP contribution in [0.1, 0.15) is 271 Å². The number of allylic oxidation sites excluding steroid dienone is 8. The van der Waals surface area contributed by atoms with E-state index in [1.165, 1.54) is 154 Å². The van der Waals surface area contributed by atoms with E-state index < -0.39 is 18.2 Å². The normalized spacial score (nSPS) is 13.6. The number of unbranched alkanes of at least 4 members (excludes halogenated alkanes) is 30. The number of aliphatic hydroxyl groups excluding tert-OH is 2. The van der Waals surface area contributed by atoms with Crippen LogP contribution in [0.3, 0.4) is 0 Å². The van der Waals surface area contributed by atoms with Crippen LogP contribution in [0.15, 0.2) is 48.6 Å². The van der Waals surface area contributed by atoms with Crippen molar-refractivity contribution in [3.8, 4) is 0 Å². The second-order valence-electron chi connectivity index (χ2n) is 18.3. The van der Waals surface area contributed by atoms with Gasteiger partial charge >= 0.3 is 5.97 Å². The number of rotatable bonds is 48. The van der Waals surface area contributed by atoms with E-state index in [9.17, 15) is 19.8 Å². The highest BCUT2D eigenvalue weighted by molar-refractivity contribution is 5.77. The summed E-state index contributed by atoms with van der Waals surface area (Å²) in [5.74, 6) is -0.546. The fraction of sp³-hybridized carbons (Fsp3) is 0.821. The SMILES string of the molecule is CCCCCCCCC/C=C/C=C/CCCCCC(=O)OC(CCC/C=C/C=C/CCCCCCCCC)CC(=O)NC(CO)C(O)CCCCCCCCCCCCCCC. The number of hydrogen-bond donors (Lipinski definition) is 3. The summed E-state index contributed by atoms with van der Waals surface area (Å²) in [7, 11) is 0. The first-order valence-corrected chi connectivity index (χ1v) is 26.9. The average molecular weight is 870 g/mol. The van der Waals surface area contributed by atoms with Gasteiger partial charge in [-0.05, 0) is 70.6 Å². The molecular weight excluding hydrogens is 767 g/mol. The molecule has 0 fully saturated rings. The number of carbonyl (C=O) groups excluding carboxylic acids is 2. The maximum absolute atomic E-state index is 13.2. The van der Waals surface area contributed by atoms with E-state index in [1.54, 1.807) is 0 Å². The zero-order chi connectivity index (χ0) is 45.2. The van der Waals surface area contributed by atoms with Crippen LogP contribution in [0.5, 0.6) is 0 Å². The molecule has 3 unspecified atom stereocenters. The first-order chi connectivity index (χ1) is 30.5. The van der Waals surface area contributed by atoms with Crippen molar-refractivity contribution in [2.45, 2.75) is 289 Å². The minimum absolute atomic E-state index is 0.0348. The molecule has 0 heterocycles. The van der Waals surface area contributed by atoms with E-state index in [0.717, 1.165) is 70.6 Å². The predicted octanol–water partition coefficient (Wildman–Crippen LogP) is 16.2. The molecule has 6 nitrogen and oxygen atoms in total. The molecule has 0 aliphatic carbocycles. The van der Waals surface area contributed by atoms with Crippen LogP contribution in [0, 0.1) is 0 Å². The van der Waals surface area contributed by atoms with Gasteiger partial charge in [-0.2, -0.15) is 0 Å². The van der Waals surface area contributed by atoms with Crippen molar-refractivity contribution in [2.24, 2.45) is 0 Å². The number of carbonyl (C=O) groups is 2. The Morgan fingerprint density at radius 1 is 0.468 bits per heavy atom. The smallest absolute Gasteiger partial charge is 0.306 e. The lowest BCUT2D eigenvalue weighted by Gasteiger charge is -2.24. The van der Waals surface area contributed by atoms with Crippen molar-refractivity contribution in [2.75, 3.05) is 6.61 Å². The third-order valence-electron chi connectivity index (χ3n) is 12.2. The number of nitrogens with one attached hydrogen (secondary N) is 1. The van der Waals surface area contributed by atoms with E-state index in [0.29, 0.717) is 19.3 Å². The van der Waals surface area contributed by atoms with Crippen molar-refractivity contribution in [1.82, 2.24) is 5.32 Å². The molecule has 3 atom stereocenters. The molecule has 0 bridgehead atoms. The Morgan fingerprint density at radius 3 is 1.23 bits per heavy atom. The molecule has 0 rings (SSSR count). The monoisotopic (exact) mass is 870 g/mol. The van der Waals surface area contributed by atoms with Gasteiger partial charge < -0.3 is 20.3 Å². The van der Waals surface area contributed by atoms with Crippen molar-refractivity contribution in [3.05, 3.63) is 48.6 Å². The third-order valence-corrected chi connectivity index (χ3v) is 12.2. The Labute approximate surface area is 385 Å². The Hall–Kier alpha value is -2.18. The van der Waals surface area contributed by atoms with Gasteiger partial charge in [-0.1, -0.05) is 236 Å². The zero-order valence-electron chi connectivity index (χ0n) is 41.3. The molecule has 0 aliphatic rings. The Bertz CT molecular complexity index is 1070. The Balaban J connectivity index is 4.67. The van der Waals surface area contributed by atoms with Gasteiger partial charge in [0.15, 0.2) is 0 Å². The summed E-state index contributed by atoms with van der Waals surface area (Å²) in [5, 5.41) is 23.8. The summed E-state index contributed by atoms with van der Waals surface area (Å²) in [6.07, 6.45) is 60.3. The molecule has 0 aromatic heterocycles. The van der Waals surface area contributed by atoms with Crippen molar-refractivity contribution < 1.29 is 24.5 Å². The van der Waals surface area contributed by atoms with Gasteiger partial charge in [-0.3, -0.25) is 9.59 Å². The summed E-state index contributed by atoms with van der Waals surface area (Å²) in [4.78, 5) is 26.1. The average Bonchev–Trinajstić information content (AvgIpc) is 3.26. The van der Waals surface area contributed by atoms with E-state index >= 15 is 0 Å². The quantitative estimate of drug-likeness (QED) is 0.0322. The van der Waals surface area contributed by atoms with Gasteiger partial charge in [0.05, 0.1) is 25.2 Å². The summed E-state index contributed by atoms with van der Waals surface area (Å²) >= 11 is 0. The molecule has 0 aliphatic heterocycles. The van der Waals surface area contributed by atoms with E-state index in [-0.39, 0.29) is 24.9 Å². The summed E-state index contributed by atoms with van der Waals surface area (Å²) in [6.45, 7) is 6.46. The first kappa shape index (κ1) is 59.8. The van der Waals surface area contributed by atoms with Gasteiger partial charge in [-0.15, -0.1) is 0 Å². The summed E-state index contributed by atoms with van der Waals surface area (Å²) < 4.78 is 5.90. The first-order valence-electron chi connectivity index (χ1n) is 26.9. The lowest BCUT2D eigenvalue weighted by atomic mass is 10.0. The highest BCUT2D eigenvalue weighted by Gasteiger charge is 2.24. The second-order valence-corrected chi connectivity index (χ2v) is 18.3. The lowest BCUT2D eigenvalue weighted by Crippen LogP contribution is -2.46. The molecule has 6 heteroatoms. The minimum Gasteiger partial charge on any atom is -0.462 e. The van der Waals surface area contributed by atoms with Crippen LogP contribution < -0.4 is 5.32 Å². The van der Waals surface area contributed by atoms with Crippen LogP contribution in [0.4, 0.5) is 0 Å². The van der Waals surface area contributed by atoms with Crippen LogP contribution in [0.2, 0.25) is 0 Å². The summed E-state index contributed by atoms with van der Waals surface area (Å²) in [5.41, 5.74) is 0. The molecular formula is C56H103NO5. The lowest BCUT2D eigenvalue weighted by molar-refractivity contribution is -0.151. The molecule has 0 saturated carbocycles. The molecule has 0 radical (unpaired) electrons. The van der Waals surface area contributed by atoms with Crippen LogP contribution in [-0.2, 0) is 14.3 Å². The molecule has 0 spiro atoms. The maximum atomic E-state index is 13.2. The van der Waals surface area contributed by atoms with Crippen molar-refractivity contribution >= 4 is 11.9 Å². The molecule has 0 saturated heterocycles. The molecule has 62 heavy (non-hydrogen) atoms. The second kappa shape index (κ2) is 49.8. The zero-order valence-corrected chi connectivity index (χ0v) is 41.3.